The van der Waals surface area contributed by atoms with E-state index in [1.54, 1.807) is 7.11 Å². The van der Waals surface area contributed by atoms with Gasteiger partial charge < -0.3 is 10.1 Å². The molecule has 0 saturated carbocycles. The Balaban J connectivity index is 3.05. The van der Waals surface area contributed by atoms with E-state index in [1.165, 1.54) is 6.21 Å². The van der Waals surface area contributed by atoms with Gasteiger partial charge in [-0.15, -0.1) is 0 Å². The molecule has 5 heteroatoms. The van der Waals surface area contributed by atoms with Crippen molar-refractivity contribution in [2.75, 3.05) is 7.11 Å². The van der Waals surface area contributed by atoms with Crippen LogP contribution >= 0.6 is 0 Å². The molecule has 0 spiro atoms. The molecule has 1 unspecified atom stereocenters. The number of hydrogen-bond donors (Lipinski definition) is 1. The summed E-state index contributed by atoms with van der Waals surface area (Å²) in [7, 11) is 1.62. The molecule has 0 aliphatic carbocycles. The van der Waals surface area contributed by atoms with Crippen molar-refractivity contribution in [3.8, 4) is 0 Å². The van der Waals surface area contributed by atoms with Gasteiger partial charge in [0.25, 0.3) is 0 Å². The molecule has 1 aromatic rings. The van der Waals surface area contributed by atoms with Gasteiger partial charge in [0, 0.05) is 19.4 Å². The SMILES string of the molecule is COCc1nc(C(C)C=N)n(C(C)C)n1. The lowest BCUT2D eigenvalue weighted by Crippen LogP contribution is -2.11. The number of ether oxygens (including phenoxy) is 1. The lowest BCUT2D eigenvalue weighted by molar-refractivity contribution is 0.177. The van der Waals surface area contributed by atoms with Crippen molar-refractivity contribution in [3.05, 3.63) is 11.6 Å². The van der Waals surface area contributed by atoms with E-state index in [4.69, 9.17) is 10.1 Å². The van der Waals surface area contributed by atoms with Crippen molar-refractivity contribution < 1.29 is 4.74 Å². The normalized spacial score (nSPS) is 13.1. The van der Waals surface area contributed by atoms with E-state index in [0.29, 0.717) is 12.4 Å². The average molecular weight is 210 g/mol. The molecule has 0 fully saturated rings. The van der Waals surface area contributed by atoms with Crippen LogP contribution in [0.25, 0.3) is 0 Å². The molecule has 0 bridgehead atoms. The first-order valence-electron chi connectivity index (χ1n) is 5.05. The fourth-order valence-corrected chi connectivity index (χ4v) is 1.34. The summed E-state index contributed by atoms with van der Waals surface area (Å²) in [6.45, 7) is 6.45. The Morgan fingerprint density at radius 1 is 1.47 bits per heavy atom. The summed E-state index contributed by atoms with van der Waals surface area (Å²) in [5.74, 6) is 1.49. The Morgan fingerprint density at radius 3 is 2.60 bits per heavy atom. The third-order valence-corrected chi connectivity index (χ3v) is 2.12. The smallest absolute Gasteiger partial charge is 0.176 e. The third-order valence-electron chi connectivity index (χ3n) is 2.12. The summed E-state index contributed by atoms with van der Waals surface area (Å²) < 4.78 is 6.85. The average Bonchev–Trinajstić information content (AvgIpc) is 2.61. The largest absolute Gasteiger partial charge is 0.377 e. The van der Waals surface area contributed by atoms with E-state index in [9.17, 15) is 0 Å². The highest BCUT2D eigenvalue weighted by atomic mass is 16.5. The Morgan fingerprint density at radius 2 is 2.13 bits per heavy atom. The van der Waals surface area contributed by atoms with Crippen LogP contribution in [0.2, 0.25) is 0 Å². The maximum atomic E-state index is 7.26. The summed E-state index contributed by atoms with van der Waals surface area (Å²) in [5, 5.41) is 11.6. The molecular formula is C10H18N4O. The van der Waals surface area contributed by atoms with Gasteiger partial charge in [0.1, 0.15) is 12.4 Å². The Labute approximate surface area is 90.0 Å². The lowest BCUT2D eigenvalue weighted by Gasteiger charge is -2.10. The van der Waals surface area contributed by atoms with Crippen molar-refractivity contribution >= 4 is 6.21 Å². The van der Waals surface area contributed by atoms with Crippen LogP contribution in [0.4, 0.5) is 0 Å². The summed E-state index contributed by atoms with van der Waals surface area (Å²) >= 11 is 0. The molecule has 5 nitrogen and oxygen atoms in total. The molecule has 1 rings (SSSR count). The maximum Gasteiger partial charge on any atom is 0.176 e. The predicted octanol–water partition coefficient (Wildman–Crippen LogP) is 1.76. The van der Waals surface area contributed by atoms with E-state index >= 15 is 0 Å². The molecule has 0 aliphatic heterocycles. The van der Waals surface area contributed by atoms with Crippen molar-refractivity contribution in [1.29, 1.82) is 5.41 Å². The molecule has 0 saturated heterocycles. The molecule has 0 aliphatic rings. The van der Waals surface area contributed by atoms with Gasteiger partial charge in [0.2, 0.25) is 0 Å². The predicted molar refractivity (Wildman–Crippen MR) is 58.3 cm³/mol. The van der Waals surface area contributed by atoms with E-state index in [-0.39, 0.29) is 12.0 Å². The van der Waals surface area contributed by atoms with Gasteiger partial charge in [-0.05, 0) is 13.8 Å². The van der Waals surface area contributed by atoms with Gasteiger partial charge in [-0.3, -0.25) is 0 Å². The topological polar surface area (TPSA) is 63.8 Å². The van der Waals surface area contributed by atoms with Crippen LogP contribution in [0.3, 0.4) is 0 Å². The first-order valence-corrected chi connectivity index (χ1v) is 5.05. The molecule has 0 amide bonds. The minimum absolute atomic E-state index is 0.00879. The fourth-order valence-electron chi connectivity index (χ4n) is 1.34. The molecule has 0 radical (unpaired) electrons. The summed E-state index contributed by atoms with van der Waals surface area (Å²) in [6.07, 6.45) is 1.37. The highest BCUT2D eigenvalue weighted by molar-refractivity contribution is 5.62. The summed E-state index contributed by atoms with van der Waals surface area (Å²) in [6, 6.07) is 0.250. The second-order valence-corrected chi connectivity index (χ2v) is 3.81. The van der Waals surface area contributed by atoms with Gasteiger partial charge in [-0.25, -0.2) is 9.67 Å². The second-order valence-electron chi connectivity index (χ2n) is 3.81. The van der Waals surface area contributed by atoms with E-state index in [2.05, 4.69) is 10.1 Å². The number of aromatic nitrogens is 3. The van der Waals surface area contributed by atoms with Gasteiger partial charge in [0.05, 0.1) is 5.92 Å². The highest BCUT2D eigenvalue weighted by Crippen LogP contribution is 2.15. The summed E-state index contributed by atoms with van der Waals surface area (Å²) in [4.78, 5) is 4.37. The van der Waals surface area contributed by atoms with Gasteiger partial charge in [-0.2, -0.15) is 5.10 Å². The number of methoxy groups -OCH3 is 1. The quantitative estimate of drug-likeness (QED) is 0.753. The third kappa shape index (κ3) is 2.62. The minimum Gasteiger partial charge on any atom is -0.377 e. The Bertz CT molecular complexity index is 332. The highest BCUT2D eigenvalue weighted by Gasteiger charge is 2.16. The van der Waals surface area contributed by atoms with Crippen molar-refractivity contribution in [2.45, 2.75) is 39.3 Å². The zero-order valence-corrected chi connectivity index (χ0v) is 9.69. The maximum absolute atomic E-state index is 7.26. The Hall–Kier alpha value is -1.23. The lowest BCUT2D eigenvalue weighted by atomic mass is 10.2. The first-order chi connectivity index (χ1) is 7.10. The second kappa shape index (κ2) is 5.02. The van der Waals surface area contributed by atoms with Crippen LogP contribution < -0.4 is 0 Å². The van der Waals surface area contributed by atoms with Crippen molar-refractivity contribution in [3.63, 3.8) is 0 Å². The van der Waals surface area contributed by atoms with Gasteiger partial charge in [0.15, 0.2) is 5.82 Å². The number of nitrogens with zero attached hydrogens (tertiary/aromatic N) is 3. The first kappa shape index (κ1) is 11.8. The van der Waals surface area contributed by atoms with Crippen LogP contribution in [-0.2, 0) is 11.3 Å². The summed E-state index contributed by atoms with van der Waals surface area (Å²) in [5.41, 5.74) is 0. The van der Waals surface area contributed by atoms with E-state index < -0.39 is 0 Å². The van der Waals surface area contributed by atoms with Crippen molar-refractivity contribution in [2.24, 2.45) is 0 Å². The van der Waals surface area contributed by atoms with E-state index in [1.807, 2.05) is 25.5 Å². The molecule has 0 aromatic carbocycles. The molecule has 1 aromatic heterocycles. The molecule has 84 valence electrons. The Kier molecular flexibility index (Phi) is 3.96. The van der Waals surface area contributed by atoms with Gasteiger partial charge in [-0.1, -0.05) is 6.92 Å². The number of hydrogen-bond acceptors (Lipinski definition) is 4. The fraction of sp³-hybridized carbons (Fsp3) is 0.700. The van der Waals surface area contributed by atoms with E-state index in [0.717, 1.165) is 5.82 Å². The van der Waals surface area contributed by atoms with Crippen LogP contribution in [-0.4, -0.2) is 28.1 Å². The number of nitrogens with one attached hydrogen (secondary N) is 1. The zero-order valence-electron chi connectivity index (χ0n) is 9.69. The monoisotopic (exact) mass is 210 g/mol. The molecule has 15 heavy (non-hydrogen) atoms. The molecule has 1 N–H and O–H groups in total. The number of rotatable bonds is 5. The van der Waals surface area contributed by atoms with Crippen LogP contribution in [0.5, 0.6) is 0 Å². The van der Waals surface area contributed by atoms with Gasteiger partial charge >= 0.3 is 0 Å². The molecule has 1 heterocycles. The molecular weight excluding hydrogens is 192 g/mol. The minimum atomic E-state index is -0.00879. The van der Waals surface area contributed by atoms with Crippen LogP contribution in [0, 0.1) is 5.41 Å². The molecule has 1 atom stereocenters. The van der Waals surface area contributed by atoms with Crippen LogP contribution in [0.15, 0.2) is 0 Å². The van der Waals surface area contributed by atoms with Crippen LogP contribution in [0.1, 0.15) is 44.4 Å². The standard InChI is InChI=1S/C10H18N4O/c1-7(2)14-10(8(3)5-11)12-9(13-14)6-15-4/h5,7-8,11H,6H2,1-4H3. The zero-order chi connectivity index (χ0) is 11.4. The van der Waals surface area contributed by atoms with Crippen molar-refractivity contribution in [1.82, 2.24) is 14.8 Å².